The van der Waals surface area contributed by atoms with Crippen LogP contribution >= 0.6 is 0 Å². The SMILES string of the molecule is CCN=C(C=C(N)[S-](=O)=NC(=O)Nc1c(C)c(C(F)(F)F)nc2c1CCC2)CO. The number of alkyl halides is 3. The van der Waals surface area contributed by atoms with Crippen molar-refractivity contribution in [3.8, 4) is 0 Å². The van der Waals surface area contributed by atoms with Crippen LogP contribution in [0.1, 0.15) is 35.9 Å². The number of rotatable bonds is 5. The number of hydrogen-bond donors (Lipinski definition) is 3. The fourth-order valence-corrected chi connectivity index (χ4v) is 3.48. The summed E-state index contributed by atoms with van der Waals surface area (Å²) in [4.78, 5) is 19.8. The number of carbonyl (C=O) groups excluding carboxylic acids is 1. The molecule has 29 heavy (non-hydrogen) atoms. The van der Waals surface area contributed by atoms with Gasteiger partial charge in [0, 0.05) is 17.8 Å². The Bertz CT molecular complexity index is 951. The predicted molar refractivity (Wildman–Crippen MR) is 103 cm³/mol. The van der Waals surface area contributed by atoms with Crippen molar-refractivity contribution < 1.29 is 27.3 Å². The highest BCUT2D eigenvalue weighted by Gasteiger charge is 2.37. The first-order valence-corrected chi connectivity index (χ1v) is 9.84. The lowest BCUT2D eigenvalue weighted by molar-refractivity contribution is -0.141. The number of nitrogens with zero attached hydrogens (tertiary/aromatic N) is 3. The largest absolute Gasteiger partial charge is 0.438 e. The summed E-state index contributed by atoms with van der Waals surface area (Å²) in [6, 6.07) is -1.10. The molecular weight excluding hydrogens is 411 g/mol. The lowest BCUT2D eigenvalue weighted by atomic mass is 10.1. The Kier molecular flexibility index (Phi) is 7.36. The van der Waals surface area contributed by atoms with E-state index in [1.807, 2.05) is 0 Å². The number of hydrogen-bond acceptors (Lipinski definition) is 7. The summed E-state index contributed by atoms with van der Waals surface area (Å²) in [5, 5.41) is 11.1. The number of nitrogens with one attached hydrogen (secondary N) is 1. The van der Waals surface area contributed by atoms with Crippen LogP contribution in [0.25, 0.3) is 0 Å². The Balaban J connectivity index is 2.35. The van der Waals surface area contributed by atoms with Crippen molar-refractivity contribution in [3.05, 3.63) is 33.6 Å². The van der Waals surface area contributed by atoms with Gasteiger partial charge in [-0.05, 0) is 49.8 Å². The minimum atomic E-state index is -4.67. The van der Waals surface area contributed by atoms with Crippen LogP contribution in [-0.4, -0.2) is 35.0 Å². The summed E-state index contributed by atoms with van der Waals surface area (Å²) < 4.78 is 55.3. The van der Waals surface area contributed by atoms with E-state index in [0.717, 1.165) is 6.08 Å². The molecule has 0 saturated carbocycles. The molecule has 1 aromatic heterocycles. The number of urea groups is 1. The van der Waals surface area contributed by atoms with Gasteiger partial charge in [-0.2, -0.15) is 13.2 Å². The molecule has 0 unspecified atom stereocenters. The molecule has 2 amide bonds. The molecule has 12 heteroatoms. The fraction of sp³-hybridized carbons (Fsp3) is 0.471. The summed E-state index contributed by atoms with van der Waals surface area (Å²) in [5.41, 5.74) is 5.24. The van der Waals surface area contributed by atoms with E-state index >= 15 is 0 Å². The van der Waals surface area contributed by atoms with Gasteiger partial charge in [0.2, 0.25) is 0 Å². The molecule has 8 nitrogen and oxygen atoms in total. The number of aliphatic hydroxyl groups excluding tert-OH is 1. The minimum absolute atomic E-state index is 0.0169. The van der Waals surface area contributed by atoms with Crippen LogP contribution in [0.3, 0.4) is 0 Å². The highest BCUT2D eigenvalue weighted by atomic mass is 32.2. The molecule has 0 aromatic carbocycles. The average Bonchev–Trinajstić information content (AvgIpc) is 3.10. The number of aryl methyl sites for hydroxylation is 1. The predicted octanol–water partition coefficient (Wildman–Crippen LogP) is 2.83. The van der Waals surface area contributed by atoms with Crippen molar-refractivity contribution in [2.45, 2.75) is 39.3 Å². The van der Waals surface area contributed by atoms with E-state index in [0.29, 0.717) is 31.4 Å². The molecule has 2 rings (SSSR count). The summed E-state index contributed by atoms with van der Waals surface area (Å²) in [6.45, 7) is 2.85. The number of amides is 2. The minimum Gasteiger partial charge on any atom is -0.438 e. The maximum absolute atomic E-state index is 13.3. The summed E-state index contributed by atoms with van der Waals surface area (Å²) >= 11 is 0. The molecule has 1 aliphatic carbocycles. The summed E-state index contributed by atoms with van der Waals surface area (Å²) in [7, 11) is -2.30. The van der Waals surface area contributed by atoms with Crippen LogP contribution < -0.4 is 11.1 Å². The Hall–Kier alpha value is -2.47. The summed E-state index contributed by atoms with van der Waals surface area (Å²) in [6.07, 6.45) is -2.08. The Morgan fingerprint density at radius 2 is 2.10 bits per heavy atom. The number of halogens is 3. The van der Waals surface area contributed by atoms with Gasteiger partial charge >= 0.3 is 12.2 Å². The molecular formula is C17H21F3N5O3S-. The molecule has 1 heterocycles. The van der Waals surface area contributed by atoms with E-state index in [2.05, 4.69) is 19.7 Å². The van der Waals surface area contributed by atoms with E-state index in [1.165, 1.54) is 6.92 Å². The summed E-state index contributed by atoms with van der Waals surface area (Å²) in [5.74, 6) is 0. The van der Waals surface area contributed by atoms with Crippen molar-refractivity contribution in [3.63, 3.8) is 0 Å². The highest BCUT2D eigenvalue weighted by Crippen LogP contribution is 2.38. The third-order valence-electron chi connectivity index (χ3n) is 4.17. The van der Waals surface area contributed by atoms with Crippen LogP contribution in [0.15, 0.2) is 20.5 Å². The number of nitrogens with two attached hydrogens (primary N) is 1. The number of aliphatic hydroxyl groups is 1. The molecule has 1 aliphatic rings. The zero-order valence-corrected chi connectivity index (χ0v) is 16.7. The molecule has 160 valence electrons. The second kappa shape index (κ2) is 9.35. The van der Waals surface area contributed by atoms with Crippen molar-refractivity contribution >= 4 is 28.0 Å². The highest BCUT2D eigenvalue weighted by molar-refractivity contribution is 7.79. The second-order valence-electron chi connectivity index (χ2n) is 6.18. The van der Waals surface area contributed by atoms with Crippen molar-refractivity contribution in [1.29, 1.82) is 0 Å². The first-order valence-electron chi connectivity index (χ1n) is 8.74. The maximum atomic E-state index is 13.3. The topological polar surface area (TPSA) is 130 Å². The Labute approximate surface area is 167 Å². The standard InChI is InChI=1S/C17H21F3N5O3S/c1-3-22-10(8-26)7-13(21)29(28)25-16(27)24-14-9(2)15(17(18,19)20)23-12-6-4-5-11(12)14/h7,26H,3-6,8,21H2,1-2H3,(H,23,24,27)/q-1. The lowest BCUT2D eigenvalue weighted by Crippen LogP contribution is -2.18. The van der Waals surface area contributed by atoms with Crippen LogP contribution in [0.5, 0.6) is 0 Å². The third-order valence-corrected chi connectivity index (χ3v) is 5.02. The zero-order valence-electron chi connectivity index (χ0n) is 15.8. The van der Waals surface area contributed by atoms with Crippen LogP contribution in [0.4, 0.5) is 23.7 Å². The first-order chi connectivity index (χ1) is 13.6. The van der Waals surface area contributed by atoms with Gasteiger partial charge < -0.3 is 24.7 Å². The molecule has 4 N–H and O–H groups in total. The fourth-order valence-electron chi connectivity index (χ4n) is 2.95. The van der Waals surface area contributed by atoms with E-state index < -0.39 is 35.1 Å². The molecule has 0 radical (unpaired) electrons. The van der Waals surface area contributed by atoms with Gasteiger partial charge in [-0.15, -0.1) is 10.6 Å². The number of anilines is 1. The molecule has 1 aromatic rings. The molecule has 0 aliphatic heterocycles. The number of carbonyl (C=O) groups is 1. The lowest BCUT2D eigenvalue weighted by Gasteiger charge is -2.18. The molecule has 0 saturated heterocycles. The average molecular weight is 432 g/mol. The van der Waals surface area contributed by atoms with Gasteiger partial charge in [0.1, 0.15) is 5.69 Å². The van der Waals surface area contributed by atoms with Crippen LogP contribution in [0, 0.1) is 6.92 Å². The van der Waals surface area contributed by atoms with Crippen molar-refractivity contribution in [2.24, 2.45) is 15.1 Å². The quantitative estimate of drug-likeness (QED) is 0.487. The van der Waals surface area contributed by atoms with Crippen LogP contribution in [-0.2, 0) is 33.8 Å². The van der Waals surface area contributed by atoms with Gasteiger partial charge in [0.15, 0.2) is 0 Å². The normalized spacial score (nSPS) is 16.1. The van der Waals surface area contributed by atoms with Gasteiger partial charge in [-0.25, -0.2) is 9.78 Å². The molecule has 0 spiro atoms. The number of pyridine rings is 1. The van der Waals surface area contributed by atoms with Gasteiger partial charge in [-0.3, -0.25) is 4.99 Å². The van der Waals surface area contributed by atoms with Gasteiger partial charge in [0.05, 0.1) is 18.0 Å². The first kappa shape index (κ1) is 22.8. The van der Waals surface area contributed by atoms with Crippen molar-refractivity contribution in [1.82, 2.24) is 4.98 Å². The third kappa shape index (κ3) is 5.54. The van der Waals surface area contributed by atoms with E-state index in [9.17, 15) is 22.2 Å². The number of fused-ring (bicyclic) bond motifs is 1. The van der Waals surface area contributed by atoms with E-state index in [4.69, 9.17) is 10.8 Å². The van der Waals surface area contributed by atoms with E-state index in [1.54, 1.807) is 6.92 Å². The Morgan fingerprint density at radius 1 is 1.41 bits per heavy atom. The maximum Gasteiger partial charge on any atom is 0.433 e. The van der Waals surface area contributed by atoms with E-state index in [-0.39, 0.29) is 27.7 Å². The molecule has 0 atom stereocenters. The van der Waals surface area contributed by atoms with Gasteiger partial charge in [0.25, 0.3) is 0 Å². The zero-order chi connectivity index (χ0) is 21.8. The van der Waals surface area contributed by atoms with Crippen molar-refractivity contribution in [2.75, 3.05) is 18.5 Å². The molecule has 0 fully saturated rings. The smallest absolute Gasteiger partial charge is 0.433 e. The number of aliphatic imine (C=N–C) groups is 1. The monoisotopic (exact) mass is 432 g/mol. The van der Waals surface area contributed by atoms with Gasteiger partial charge in [-0.1, -0.05) is 0 Å². The Morgan fingerprint density at radius 3 is 2.69 bits per heavy atom. The number of aromatic nitrogens is 1. The van der Waals surface area contributed by atoms with Crippen LogP contribution in [0.2, 0.25) is 0 Å². The second-order valence-corrected chi connectivity index (χ2v) is 7.33. The molecule has 0 bridgehead atoms.